The van der Waals surface area contributed by atoms with E-state index in [0.29, 0.717) is 0 Å². The molecule has 0 unspecified atom stereocenters. The maximum Gasteiger partial charge on any atom is 0.0590 e. The molecule has 1 rings (SSSR count). The average molecular weight is 227 g/mol. The Labute approximate surface area is 99.2 Å². The van der Waals surface area contributed by atoms with Crippen molar-refractivity contribution in [1.82, 2.24) is 5.32 Å². The summed E-state index contributed by atoms with van der Waals surface area (Å²) in [7, 11) is 1.72. The molecule has 0 saturated carbocycles. The first kappa shape index (κ1) is 13.7. The van der Waals surface area contributed by atoms with Crippen molar-refractivity contribution in [2.45, 2.75) is 32.1 Å². The summed E-state index contributed by atoms with van der Waals surface area (Å²) in [6.07, 6.45) is 8.56. The zero-order valence-electron chi connectivity index (χ0n) is 10.5. The van der Waals surface area contributed by atoms with E-state index in [-0.39, 0.29) is 0 Å². The van der Waals surface area contributed by atoms with Crippen LogP contribution in [-0.4, -0.2) is 40.0 Å². The highest BCUT2D eigenvalue weighted by atomic mass is 16.5. The molecule has 0 radical (unpaired) electrons. The van der Waals surface area contributed by atoms with Crippen LogP contribution in [0.1, 0.15) is 32.1 Å². The Morgan fingerprint density at radius 1 is 1.25 bits per heavy atom. The summed E-state index contributed by atoms with van der Waals surface area (Å²) in [5, 5.41) is 3.41. The normalized spacial score (nSPS) is 15.4. The summed E-state index contributed by atoms with van der Waals surface area (Å²) in [5.74, 6) is 0. The number of allylic oxidation sites excluding steroid dienone is 1. The molecule has 0 amide bonds. The van der Waals surface area contributed by atoms with Crippen LogP contribution >= 0.6 is 0 Å². The molecule has 1 N–H and O–H groups in total. The van der Waals surface area contributed by atoms with E-state index in [1.165, 1.54) is 25.7 Å². The molecule has 0 saturated heterocycles. The van der Waals surface area contributed by atoms with Crippen molar-refractivity contribution in [3.8, 4) is 0 Å². The van der Waals surface area contributed by atoms with Gasteiger partial charge in [0.15, 0.2) is 0 Å². The Morgan fingerprint density at radius 3 is 2.94 bits per heavy atom. The largest absolute Gasteiger partial charge is 0.385 e. The first-order valence-electron chi connectivity index (χ1n) is 6.39. The summed E-state index contributed by atoms with van der Waals surface area (Å²) in [5.41, 5.74) is 1.63. The third kappa shape index (κ3) is 6.99. The molecule has 16 heavy (non-hydrogen) atoms. The summed E-state index contributed by atoms with van der Waals surface area (Å²) in [4.78, 5) is 0. The minimum atomic E-state index is 0.793. The van der Waals surface area contributed by atoms with Crippen LogP contribution < -0.4 is 5.32 Å². The average Bonchev–Trinajstić information content (AvgIpc) is 2.80. The standard InChI is InChI=1S/C13H25NO2/c1-15-10-4-11-16-12-9-14-8-7-13-5-2-3-6-13/h5,14H,2-4,6-12H2,1H3. The Bertz CT molecular complexity index is 192. The predicted molar refractivity (Wildman–Crippen MR) is 66.7 cm³/mol. The van der Waals surface area contributed by atoms with Crippen LogP contribution in [0.15, 0.2) is 11.6 Å². The van der Waals surface area contributed by atoms with Gasteiger partial charge in [0, 0.05) is 26.9 Å². The van der Waals surface area contributed by atoms with Crippen molar-refractivity contribution in [3.05, 3.63) is 11.6 Å². The highest BCUT2D eigenvalue weighted by Gasteiger charge is 2.02. The van der Waals surface area contributed by atoms with E-state index in [1.54, 1.807) is 12.7 Å². The van der Waals surface area contributed by atoms with E-state index >= 15 is 0 Å². The predicted octanol–water partition coefficient (Wildman–Crippen LogP) is 2.13. The lowest BCUT2D eigenvalue weighted by molar-refractivity contribution is 0.104. The van der Waals surface area contributed by atoms with Gasteiger partial charge in [0.05, 0.1) is 6.61 Å². The lowest BCUT2D eigenvalue weighted by Gasteiger charge is -2.06. The van der Waals surface area contributed by atoms with E-state index in [1.807, 2.05) is 0 Å². The molecule has 1 aliphatic carbocycles. The van der Waals surface area contributed by atoms with Crippen LogP contribution in [0.3, 0.4) is 0 Å². The van der Waals surface area contributed by atoms with Crippen molar-refractivity contribution in [3.63, 3.8) is 0 Å². The molecule has 0 aromatic heterocycles. The minimum Gasteiger partial charge on any atom is -0.385 e. The summed E-state index contributed by atoms with van der Waals surface area (Å²) in [6.45, 7) is 4.46. The Hall–Kier alpha value is -0.380. The second-order valence-electron chi connectivity index (χ2n) is 4.21. The molecule has 0 fully saturated rings. The summed E-state index contributed by atoms with van der Waals surface area (Å²) in [6, 6.07) is 0. The van der Waals surface area contributed by atoms with Crippen LogP contribution in [0.2, 0.25) is 0 Å². The maximum absolute atomic E-state index is 5.45. The van der Waals surface area contributed by atoms with Crippen molar-refractivity contribution in [2.24, 2.45) is 0 Å². The molecule has 0 spiro atoms. The summed E-state index contributed by atoms with van der Waals surface area (Å²) >= 11 is 0. The number of hydrogen-bond acceptors (Lipinski definition) is 3. The summed E-state index contributed by atoms with van der Waals surface area (Å²) < 4.78 is 10.4. The topological polar surface area (TPSA) is 30.5 Å². The van der Waals surface area contributed by atoms with Crippen LogP contribution in [0.25, 0.3) is 0 Å². The monoisotopic (exact) mass is 227 g/mol. The second-order valence-corrected chi connectivity index (χ2v) is 4.21. The SMILES string of the molecule is COCCCOCCNCCC1=CCCC1. The quantitative estimate of drug-likeness (QED) is 0.458. The van der Waals surface area contributed by atoms with Gasteiger partial charge in [0.25, 0.3) is 0 Å². The van der Waals surface area contributed by atoms with E-state index in [2.05, 4.69) is 11.4 Å². The van der Waals surface area contributed by atoms with Gasteiger partial charge in [0.2, 0.25) is 0 Å². The fraction of sp³-hybridized carbons (Fsp3) is 0.846. The lowest BCUT2D eigenvalue weighted by atomic mass is 10.2. The highest BCUT2D eigenvalue weighted by molar-refractivity contribution is 5.07. The third-order valence-electron chi connectivity index (χ3n) is 2.82. The molecule has 0 heterocycles. The molecular formula is C13H25NO2. The van der Waals surface area contributed by atoms with E-state index in [9.17, 15) is 0 Å². The van der Waals surface area contributed by atoms with Gasteiger partial charge in [-0.15, -0.1) is 0 Å². The molecule has 0 aromatic rings. The van der Waals surface area contributed by atoms with Crippen molar-refractivity contribution in [2.75, 3.05) is 40.0 Å². The molecule has 1 aliphatic rings. The smallest absolute Gasteiger partial charge is 0.0590 e. The Kier molecular flexibility index (Phi) is 8.40. The first-order chi connectivity index (χ1) is 7.93. The number of rotatable bonds is 10. The van der Waals surface area contributed by atoms with Gasteiger partial charge in [-0.2, -0.15) is 0 Å². The van der Waals surface area contributed by atoms with Crippen LogP contribution in [0.4, 0.5) is 0 Å². The molecule has 94 valence electrons. The highest BCUT2D eigenvalue weighted by Crippen LogP contribution is 2.19. The molecule has 0 bridgehead atoms. The number of hydrogen-bond donors (Lipinski definition) is 1. The van der Waals surface area contributed by atoms with Gasteiger partial charge in [0.1, 0.15) is 0 Å². The van der Waals surface area contributed by atoms with Crippen molar-refractivity contribution in [1.29, 1.82) is 0 Å². The zero-order chi connectivity index (χ0) is 11.5. The first-order valence-corrected chi connectivity index (χ1v) is 6.39. The molecule has 3 heteroatoms. The fourth-order valence-corrected chi connectivity index (χ4v) is 1.89. The molecule has 3 nitrogen and oxygen atoms in total. The van der Waals surface area contributed by atoms with Crippen molar-refractivity contribution >= 4 is 0 Å². The van der Waals surface area contributed by atoms with E-state index in [4.69, 9.17) is 9.47 Å². The van der Waals surface area contributed by atoms with Gasteiger partial charge in [-0.1, -0.05) is 11.6 Å². The third-order valence-corrected chi connectivity index (χ3v) is 2.82. The van der Waals surface area contributed by atoms with Crippen molar-refractivity contribution < 1.29 is 9.47 Å². The zero-order valence-corrected chi connectivity index (χ0v) is 10.5. The molecule has 0 aromatic carbocycles. The fourth-order valence-electron chi connectivity index (χ4n) is 1.89. The second kappa shape index (κ2) is 9.82. The van der Waals surface area contributed by atoms with E-state index < -0.39 is 0 Å². The Balaban J connectivity index is 1.74. The number of ether oxygens (including phenoxy) is 2. The van der Waals surface area contributed by atoms with Gasteiger partial charge < -0.3 is 14.8 Å². The molecular weight excluding hydrogens is 202 g/mol. The molecule has 0 aliphatic heterocycles. The molecule has 0 atom stereocenters. The number of methoxy groups -OCH3 is 1. The van der Waals surface area contributed by atoms with E-state index in [0.717, 1.165) is 39.3 Å². The number of nitrogens with one attached hydrogen (secondary N) is 1. The lowest BCUT2D eigenvalue weighted by Crippen LogP contribution is -2.21. The van der Waals surface area contributed by atoms with Crippen LogP contribution in [0.5, 0.6) is 0 Å². The minimum absolute atomic E-state index is 0.793. The van der Waals surface area contributed by atoms with Gasteiger partial charge in [-0.25, -0.2) is 0 Å². The van der Waals surface area contributed by atoms with Crippen LogP contribution in [0, 0.1) is 0 Å². The Morgan fingerprint density at radius 2 is 2.19 bits per heavy atom. The van der Waals surface area contributed by atoms with Gasteiger partial charge in [-0.3, -0.25) is 0 Å². The van der Waals surface area contributed by atoms with Gasteiger partial charge >= 0.3 is 0 Å². The van der Waals surface area contributed by atoms with Gasteiger partial charge in [-0.05, 0) is 38.6 Å². The maximum atomic E-state index is 5.45. The van der Waals surface area contributed by atoms with Crippen LogP contribution in [-0.2, 0) is 9.47 Å².